The van der Waals surface area contributed by atoms with Crippen molar-refractivity contribution >= 4 is 20.0 Å². The summed E-state index contributed by atoms with van der Waals surface area (Å²) in [6.07, 6.45) is 0. The standard InChI is InChI=1S/C19H15O3PS/c20-23(21)22-19(16-10-4-1-5-11-16,17-12-6-2-7-13-17)24-18-14-8-3-9-15-18/h1-15H/p+1. The molecule has 1 unspecified atom stereocenters. The maximum Gasteiger partial charge on any atom is 0.696 e. The fourth-order valence-corrected chi connectivity index (χ4v) is 4.39. The van der Waals surface area contributed by atoms with E-state index in [9.17, 15) is 9.46 Å². The Morgan fingerprint density at radius 1 is 0.750 bits per heavy atom. The fraction of sp³-hybridized carbons (Fsp3) is 0.0526. The highest BCUT2D eigenvalue weighted by atomic mass is 32.2. The Hall–Kier alpha value is -1.97. The molecular weight excluding hydrogens is 339 g/mol. The van der Waals surface area contributed by atoms with Crippen molar-refractivity contribution in [1.29, 1.82) is 0 Å². The topological polar surface area (TPSA) is 46.5 Å². The highest BCUT2D eigenvalue weighted by Gasteiger charge is 2.45. The first kappa shape index (κ1) is 16.9. The Balaban J connectivity index is 2.18. The van der Waals surface area contributed by atoms with Gasteiger partial charge in [0.25, 0.3) is 0 Å². The van der Waals surface area contributed by atoms with E-state index in [2.05, 4.69) is 0 Å². The molecule has 0 aromatic heterocycles. The molecule has 0 saturated carbocycles. The first-order valence-electron chi connectivity index (χ1n) is 7.41. The van der Waals surface area contributed by atoms with Crippen LogP contribution in [-0.4, -0.2) is 4.89 Å². The average Bonchev–Trinajstić information content (AvgIpc) is 2.63. The van der Waals surface area contributed by atoms with Gasteiger partial charge in [0.15, 0.2) is 0 Å². The van der Waals surface area contributed by atoms with Gasteiger partial charge in [-0.15, -0.1) is 4.89 Å². The number of hydrogen-bond donors (Lipinski definition) is 1. The van der Waals surface area contributed by atoms with Gasteiger partial charge in [0.05, 0.1) is 0 Å². The van der Waals surface area contributed by atoms with Gasteiger partial charge < -0.3 is 0 Å². The Bertz CT molecular complexity index is 755. The van der Waals surface area contributed by atoms with Crippen LogP contribution in [-0.2, 0) is 14.0 Å². The lowest BCUT2D eigenvalue weighted by Gasteiger charge is -2.28. The normalized spacial score (nSPS) is 12.0. The smallest absolute Gasteiger partial charge is 0.133 e. The van der Waals surface area contributed by atoms with Crippen molar-refractivity contribution in [3.8, 4) is 0 Å². The molecule has 3 aromatic carbocycles. The molecule has 0 aliphatic rings. The first-order chi connectivity index (χ1) is 11.7. The molecule has 0 aliphatic heterocycles. The zero-order chi connectivity index (χ0) is 16.8. The molecule has 0 heterocycles. The van der Waals surface area contributed by atoms with Gasteiger partial charge in [0.1, 0.15) is 0 Å². The van der Waals surface area contributed by atoms with E-state index in [4.69, 9.17) is 4.52 Å². The van der Waals surface area contributed by atoms with Crippen molar-refractivity contribution < 1.29 is 14.0 Å². The van der Waals surface area contributed by atoms with E-state index in [0.29, 0.717) is 0 Å². The molecule has 3 rings (SSSR count). The zero-order valence-corrected chi connectivity index (χ0v) is 14.5. The van der Waals surface area contributed by atoms with Crippen LogP contribution in [0.15, 0.2) is 95.9 Å². The van der Waals surface area contributed by atoms with E-state index in [1.54, 1.807) is 0 Å². The van der Waals surface area contributed by atoms with Crippen LogP contribution in [0, 0.1) is 0 Å². The number of thioether (sulfide) groups is 1. The molecule has 0 saturated heterocycles. The Labute approximate surface area is 146 Å². The van der Waals surface area contributed by atoms with E-state index in [-0.39, 0.29) is 0 Å². The molecule has 24 heavy (non-hydrogen) atoms. The van der Waals surface area contributed by atoms with Gasteiger partial charge in [0.2, 0.25) is 4.93 Å². The van der Waals surface area contributed by atoms with Gasteiger partial charge in [-0.05, 0) is 12.1 Å². The largest absolute Gasteiger partial charge is 0.696 e. The molecule has 0 amide bonds. The second kappa shape index (κ2) is 7.73. The van der Waals surface area contributed by atoms with Gasteiger partial charge in [-0.25, -0.2) is 0 Å². The number of hydrogen-bond acceptors (Lipinski definition) is 3. The number of rotatable bonds is 6. The van der Waals surface area contributed by atoms with Gasteiger partial charge in [-0.3, -0.25) is 0 Å². The lowest BCUT2D eigenvalue weighted by atomic mass is 10.0. The summed E-state index contributed by atoms with van der Waals surface area (Å²) < 4.78 is 17.3. The summed E-state index contributed by atoms with van der Waals surface area (Å²) in [4.78, 5) is 9.40. The van der Waals surface area contributed by atoms with Crippen LogP contribution in [0.25, 0.3) is 0 Å². The van der Waals surface area contributed by atoms with Crippen LogP contribution in [0.4, 0.5) is 0 Å². The van der Waals surface area contributed by atoms with E-state index in [1.165, 1.54) is 11.8 Å². The molecule has 120 valence electrons. The van der Waals surface area contributed by atoms with Crippen LogP contribution < -0.4 is 0 Å². The first-order valence-corrected chi connectivity index (χ1v) is 9.36. The summed E-state index contributed by atoms with van der Waals surface area (Å²) in [7, 11) is -2.80. The lowest BCUT2D eigenvalue weighted by Crippen LogP contribution is -2.25. The van der Waals surface area contributed by atoms with Gasteiger partial charge in [-0.2, -0.15) is 0 Å². The Morgan fingerprint density at radius 2 is 1.17 bits per heavy atom. The molecule has 0 spiro atoms. The van der Waals surface area contributed by atoms with E-state index < -0.39 is 13.2 Å². The van der Waals surface area contributed by atoms with Crippen LogP contribution >= 0.6 is 20.0 Å². The van der Waals surface area contributed by atoms with E-state index in [0.717, 1.165) is 16.0 Å². The average molecular weight is 355 g/mol. The molecule has 3 aromatic rings. The molecular formula is C19H16O3PS+. The molecule has 1 atom stereocenters. The maximum absolute atomic E-state index is 11.7. The van der Waals surface area contributed by atoms with Crippen molar-refractivity contribution in [2.24, 2.45) is 0 Å². The second-order valence-corrected chi connectivity index (χ2v) is 7.00. The predicted octanol–water partition coefficient (Wildman–Crippen LogP) is 5.35. The van der Waals surface area contributed by atoms with Gasteiger partial charge in [-0.1, -0.05) is 95.1 Å². The number of benzene rings is 3. The Kier molecular flexibility index (Phi) is 5.44. The molecule has 3 nitrogen and oxygen atoms in total. The molecule has 5 heteroatoms. The van der Waals surface area contributed by atoms with Crippen molar-refractivity contribution in [2.45, 2.75) is 9.83 Å². The van der Waals surface area contributed by atoms with Crippen molar-refractivity contribution in [3.63, 3.8) is 0 Å². The van der Waals surface area contributed by atoms with Gasteiger partial charge >= 0.3 is 8.25 Å². The molecule has 0 radical (unpaired) electrons. The molecule has 0 bridgehead atoms. The third-order valence-corrected chi connectivity index (χ3v) is 5.42. The van der Waals surface area contributed by atoms with Crippen LogP contribution in [0.1, 0.15) is 11.1 Å². The monoisotopic (exact) mass is 355 g/mol. The third-order valence-electron chi connectivity index (χ3n) is 3.52. The predicted molar refractivity (Wildman–Crippen MR) is 96.9 cm³/mol. The third kappa shape index (κ3) is 3.74. The maximum atomic E-state index is 11.7. The minimum absolute atomic E-state index is 0.808. The van der Waals surface area contributed by atoms with E-state index in [1.807, 2.05) is 91.0 Å². The van der Waals surface area contributed by atoms with Crippen LogP contribution in [0.5, 0.6) is 0 Å². The van der Waals surface area contributed by atoms with Crippen LogP contribution in [0.3, 0.4) is 0 Å². The summed E-state index contributed by atoms with van der Waals surface area (Å²) in [6.45, 7) is 0. The Morgan fingerprint density at radius 3 is 1.58 bits per heavy atom. The summed E-state index contributed by atoms with van der Waals surface area (Å²) in [6, 6.07) is 28.7. The minimum Gasteiger partial charge on any atom is -0.133 e. The van der Waals surface area contributed by atoms with E-state index >= 15 is 0 Å². The quantitative estimate of drug-likeness (QED) is 0.368. The highest BCUT2D eigenvalue weighted by molar-refractivity contribution is 8.00. The van der Waals surface area contributed by atoms with Crippen molar-refractivity contribution in [2.75, 3.05) is 0 Å². The summed E-state index contributed by atoms with van der Waals surface area (Å²) in [5.41, 5.74) is 1.62. The lowest BCUT2D eigenvalue weighted by molar-refractivity contribution is 0.194. The minimum atomic E-state index is -2.80. The zero-order valence-electron chi connectivity index (χ0n) is 12.8. The molecule has 0 fully saturated rings. The summed E-state index contributed by atoms with van der Waals surface area (Å²) in [5.74, 6) is 0. The fourth-order valence-electron chi connectivity index (χ4n) is 2.49. The highest BCUT2D eigenvalue weighted by Crippen LogP contribution is 2.51. The van der Waals surface area contributed by atoms with Crippen molar-refractivity contribution in [1.82, 2.24) is 0 Å². The summed E-state index contributed by atoms with van der Waals surface area (Å²) in [5, 5.41) is 0. The summed E-state index contributed by atoms with van der Waals surface area (Å²) >= 11 is 1.40. The molecule has 0 aliphatic carbocycles. The van der Waals surface area contributed by atoms with Crippen LogP contribution in [0.2, 0.25) is 0 Å². The molecule has 1 N–H and O–H groups in total. The van der Waals surface area contributed by atoms with Crippen molar-refractivity contribution in [3.05, 3.63) is 102 Å². The van der Waals surface area contributed by atoms with Gasteiger partial charge in [0, 0.05) is 20.6 Å². The second-order valence-electron chi connectivity index (χ2n) is 5.09. The SMILES string of the molecule is O=[P+](O)OC(Sc1ccccc1)(c1ccccc1)c1ccccc1.